The highest BCUT2D eigenvalue weighted by atomic mass is 16.3. The van der Waals surface area contributed by atoms with Gasteiger partial charge in [-0.3, -0.25) is 9.78 Å². The number of carbonyl (C=O) groups excluding carboxylic acids is 1. The van der Waals surface area contributed by atoms with Gasteiger partial charge in [-0.1, -0.05) is 0 Å². The molecule has 2 heterocycles. The monoisotopic (exact) mass is 221 g/mol. The summed E-state index contributed by atoms with van der Waals surface area (Å²) in [6.45, 7) is 1.54. The highest BCUT2D eigenvalue weighted by molar-refractivity contribution is 5.94. The third-order valence-electron chi connectivity index (χ3n) is 2.81. The van der Waals surface area contributed by atoms with Gasteiger partial charge in [0.15, 0.2) is 0 Å². The van der Waals surface area contributed by atoms with Gasteiger partial charge >= 0.3 is 0 Å². The molecule has 3 N–H and O–H groups in total. The number of pyridine rings is 1. The lowest BCUT2D eigenvalue weighted by molar-refractivity contribution is 0.0921. The molecule has 2 rings (SSSR count). The van der Waals surface area contributed by atoms with Gasteiger partial charge in [0.25, 0.3) is 5.91 Å². The highest BCUT2D eigenvalue weighted by Gasteiger charge is 2.27. The number of hydrogen-bond donors (Lipinski definition) is 3. The third kappa shape index (κ3) is 2.37. The summed E-state index contributed by atoms with van der Waals surface area (Å²) < 4.78 is 0. The van der Waals surface area contributed by atoms with E-state index in [0.717, 1.165) is 6.54 Å². The summed E-state index contributed by atoms with van der Waals surface area (Å²) in [6.07, 6.45) is 3.16. The minimum Gasteiger partial charge on any atom is -0.396 e. The summed E-state index contributed by atoms with van der Waals surface area (Å²) in [6, 6.07) is 3.45. The van der Waals surface area contributed by atoms with E-state index in [-0.39, 0.29) is 24.5 Å². The third-order valence-corrected chi connectivity index (χ3v) is 2.81. The Labute approximate surface area is 93.9 Å². The van der Waals surface area contributed by atoms with Crippen LogP contribution in [0.5, 0.6) is 0 Å². The van der Waals surface area contributed by atoms with Crippen LogP contribution < -0.4 is 10.6 Å². The molecular weight excluding hydrogens is 206 g/mol. The van der Waals surface area contributed by atoms with Gasteiger partial charge in [0.05, 0.1) is 5.56 Å². The number of rotatable bonds is 3. The Morgan fingerprint density at radius 2 is 2.50 bits per heavy atom. The summed E-state index contributed by atoms with van der Waals surface area (Å²) in [4.78, 5) is 15.7. The van der Waals surface area contributed by atoms with Crippen molar-refractivity contribution < 1.29 is 9.90 Å². The molecule has 5 nitrogen and oxygen atoms in total. The zero-order chi connectivity index (χ0) is 11.4. The van der Waals surface area contributed by atoms with E-state index in [1.54, 1.807) is 18.3 Å². The van der Waals surface area contributed by atoms with Crippen molar-refractivity contribution in [2.45, 2.75) is 6.04 Å². The van der Waals surface area contributed by atoms with Crippen molar-refractivity contribution in [2.24, 2.45) is 5.92 Å². The molecule has 1 amide bonds. The van der Waals surface area contributed by atoms with Crippen LogP contribution in [0.4, 0.5) is 0 Å². The zero-order valence-corrected chi connectivity index (χ0v) is 8.89. The Hall–Kier alpha value is -1.46. The predicted octanol–water partition coefficient (Wildman–Crippen LogP) is -0.608. The number of aliphatic hydroxyl groups excluding tert-OH is 1. The predicted molar refractivity (Wildman–Crippen MR) is 58.9 cm³/mol. The topological polar surface area (TPSA) is 74.2 Å². The van der Waals surface area contributed by atoms with Crippen LogP contribution >= 0.6 is 0 Å². The molecule has 0 spiro atoms. The Morgan fingerprint density at radius 3 is 3.19 bits per heavy atom. The molecule has 2 unspecified atom stereocenters. The maximum atomic E-state index is 11.8. The van der Waals surface area contributed by atoms with Gasteiger partial charge in [0, 0.05) is 44.0 Å². The first-order chi connectivity index (χ1) is 7.81. The lowest BCUT2D eigenvalue weighted by atomic mass is 10.0. The number of aromatic nitrogens is 1. The molecule has 86 valence electrons. The van der Waals surface area contributed by atoms with E-state index in [9.17, 15) is 4.79 Å². The second-order valence-corrected chi connectivity index (χ2v) is 3.92. The van der Waals surface area contributed by atoms with Crippen LogP contribution in [0.25, 0.3) is 0 Å². The van der Waals surface area contributed by atoms with Gasteiger partial charge in [-0.15, -0.1) is 0 Å². The van der Waals surface area contributed by atoms with E-state index in [4.69, 9.17) is 5.11 Å². The summed E-state index contributed by atoms with van der Waals surface area (Å²) in [7, 11) is 0. The van der Waals surface area contributed by atoms with Crippen molar-refractivity contribution in [3.05, 3.63) is 30.1 Å². The minimum atomic E-state index is -0.139. The molecule has 1 aliphatic rings. The number of nitrogens with one attached hydrogen (secondary N) is 2. The normalized spacial score (nSPS) is 24.3. The van der Waals surface area contributed by atoms with E-state index < -0.39 is 0 Å². The van der Waals surface area contributed by atoms with Crippen LogP contribution in [0, 0.1) is 5.92 Å². The molecule has 1 saturated heterocycles. The van der Waals surface area contributed by atoms with Gasteiger partial charge in [-0.05, 0) is 12.1 Å². The fourth-order valence-electron chi connectivity index (χ4n) is 1.84. The molecule has 0 aliphatic carbocycles. The van der Waals surface area contributed by atoms with Gasteiger partial charge in [-0.25, -0.2) is 0 Å². The van der Waals surface area contributed by atoms with Crippen LogP contribution in [0.3, 0.4) is 0 Å². The molecule has 0 radical (unpaired) electrons. The van der Waals surface area contributed by atoms with Crippen molar-refractivity contribution in [1.29, 1.82) is 0 Å². The summed E-state index contributed by atoms with van der Waals surface area (Å²) >= 11 is 0. The van der Waals surface area contributed by atoms with Crippen LogP contribution in [0.15, 0.2) is 24.5 Å². The standard InChI is InChI=1S/C11H15N3O2/c15-7-9-5-13-6-10(9)14-11(16)8-2-1-3-12-4-8/h1-4,9-10,13,15H,5-7H2,(H,14,16). The summed E-state index contributed by atoms with van der Waals surface area (Å²) in [5, 5.41) is 15.2. The molecule has 16 heavy (non-hydrogen) atoms. The molecule has 1 aromatic heterocycles. The summed E-state index contributed by atoms with van der Waals surface area (Å²) in [5.74, 6) is -0.0409. The van der Waals surface area contributed by atoms with Crippen LogP contribution in [0.2, 0.25) is 0 Å². The zero-order valence-electron chi connectivity index (χ0n) is 8.89. The molecule has 0 aromatic carbocycles. The van der Waals surface area contributed by atoms with Gasteiger partial charge in [-0.2, -0.15) is 0 Å². The van der Waals surface area contributed by atoms with Gasteiger partial charge < -0.3 is 15.7 Å². The van der Waals surface area contributed by atoms with E-state index in [0.29, 0.717) is 12.1 Å². The number of hydrogen-bond acceptors (Lipinski definition) is 4. The molecule has 1 aromatic rings. The molecule has 0 bridgehead atoms. The average Bonchev–Trinajstić information content (AvgIpc) is 2.77. The molecule has 0 saturated carbocycles. The quantitative estimate of drug-likeness (QED) is 0.636. The molecule has 2 atom stereocenters. The van der Waals surface area contributed by atoms with Crippen LogP contribution in [-0.2, 0) is 0 Å². The molecule has 1 fully saturated rings. The van der Waals surface area contributed by atoms with E-state index in [2.05, 4.69) is 15.6 Å². The smallest absolute Gasteiger partial charge is 0.253 e. The molecule has 1 aliphatic heterocycles. The minimum absolute atomic E-state index is 0.00212. The molecular formula is C11H15N3O2. The number of nitrogens with zero attached hydrogens (tertiary/aromatic N) is 1. The number of amides is 1. The first-order valence-electron chi connectivity index (χ1n) is 5.33. The van der Waals surface area contributed by atoms with Crippen molar-refractivity contribution in [3.63, 3.8) is 0 Å². The average molecular weight is 221 g/mol. The van der Waals surface area contributed by atoms with Crippen molar-refractivity contribution in [2.75, 3.05) is 19.7 Å². The number of carbonyl (C=O) groups is 1. The SMILES string of the molecule is O=C(NC1CNCC1CO)c1cccnc1. The fraction of sp³-hybridized carbons (Fsp3) is 0.455. The number of aliphatic hydroxyl groups is 1. The Balaban J connectivity index is 1.97. The largest absolute Gasteiger partial charge is 0.396 e. The maximum Gasteiger partial charge on any atom is 0.253 e. The second-order valence-electron chi connectivity index (χ2n) is 3.92. The van der Waals surface area contributed by atoms with Crippen molar-refractivity contribution in [3.8, 4) is 0 Å². The molecule has 5 heteroatoms. The Bertz CT molecular complexity index is 356. The van der Waals surface area contributed by atoms with Crippen molar-refractivity contribution >= 4 is 5.91 Å². The Morgan fingerprint density at radius 1 is 1.62 bits per heavy atom. The van der Waals surface area contributed by atoms with Gasteiger partial charge in [0.1, 0.15) is 0 Å². The van der Waals surface area contributed by atoms with E-state index in [1.165, 1.54) is 6.20 Å². The highest BCUT2D eigenvalue weighted by Crippen LogP contribution is 2.08. The lowest BCUT2D eigenvalue weighted by Crippen LogP contribution is -2.41. The summed E-state index contributed by atoms with van der Waals surface area (Å²) in [5.41, 5.74) is 0.547. The Kier molecular flexibility index (Phi) is 3.48. The van der Waals surface area contributed by atoms with E-state index >= 15 is 0 Å². The second kappa shape index (κ2) is 5.05. The van der Waals surface area contributed by atoms with Gasteiger partial charge in [0.2, 0.25) is 0 Å². The van der Waals surface area contributed by atoms with Crippen LogP contribution in [-0.4, -0.2) is 41.7 Å². The fourth-order valence-corrected chi connectivity index (χ4v) is 1.84. The van der Waals surface area contributed by atoms with Crippen molar-refractivity contribution in [1.82, 2.24) is 15.6 Å². The first kappa shape index (κ1) is 11.0. The maximum absolute atomic E-state index is 11.8. The van der Waals surface area contributed by atoms with Crippen LogP contribution in [0.1, 0.15) is 10.4 Å². The first-order valence-corrected chi connectivity index (χ1v) is 5.33. The lowest BCUT2D eigenvalue weighted by Gasteiger charge is -2.17. The van der Waals surface area contributed by atoms with E-state index in [1.807, 2.05) is 0 Å².